The molecule has 21 heavy (non-hydrogen) atoms. The lowest BCUT2D eigenvalue weighted by Gasteiger charge is -2.33. The molecule has 0 spiro atoms. The van der Waals surface area contributed by atoms with Crippen LogP contribution in [0.4, 0.5) is 5.69 Å². The largest absolute Gasteiger partial charge is 0.381 e. The molecule has 1 amide bonds. The van der Waals surface area contributed by atoms with Crippen molar-refractivity contribution in [2.24, 2.45) is 0 Å². The number of benzene rings is 1. The van der Waals surface area contributed by atoms with Gasteiger partial charge in [0.2, 0.25) is 5.91 Å². The Labute approximate surface area is 131 Å². The van der Waals surface area contributed by atoms with Crippen LogP contribution in [-0.4, -0.2) is 61.7 Å². The standard InChI is InChI=1S/C16H25N3OS/c1-18(2)16(20)12-19-10-8-13(9-11-19)17-14-6-4-5-7-15(14)21-3/h4-7,13,17H,8-12H2,1-3H3. The first-order chi connectivity index (χ1) is 10.1. The van der Waals surface area contributed by atoms with Crippen LogP contribution in [0, 0.1) is 0 Å². The van der Waals surface area contributed by atoms with Crippen molar-refractivity contribution in [3.8, 4) is 0 Å². The molecule has 4 nitrogen and oxygen atoms in total. The van der Waals surface area contributed by atoms with Gasteiger partial charge < -0.3 is 10.2 Å². The summed E-state index contributed by atoms with van der Waals surface area (Å²) in [5.74, 6) is 0.189. The highest BCUT2D eigenvalue weighted by Gasteiger charge is 2.21. The summed E-state index contributed by atoms with van der Waals surface area (Å²) in [5.41, 5.74) is 1.23. The SMILES string of the molecule is CSc1ccccc1NC1CCN(CC(=O)N(C)C)CC1. The molecule has 1 saturated heterocycles. The second-order valence-electron chi connectivity index (χ2n) is 5.68. The van der Waals surface area contributed by atoms with E-state index < -0.39 is 0 Å². The van der Waals surface area contributed by atoms with Crippen molar-refractivity contribution in [1.29, 1.82) is 0 Å². The highest BCUT2D eigenvalue weighted by Crippen LogP contribution is 2.26. The van der Waals surface area contributed by atoms with Gasteiger partial charge >= 0.3 is 0 Å². The van der Waals surface area contributed by atoms with E-state index in [2.05, 4.69) is 40.7 Å². The van der Waals surface area contributed by atoms with E-state index in [4.69, 9.17) is 0 Å². The van der Waals surface area contributed by atoms with Gasteiger partial charge in [0.25, 0.3) is 0 Å². The number of para-hydroxylation sites is 1. The van der Waals surface area contributed by atoms with E-state index in [0.717, 1.165) is 25.9 Å². The minimum atomic E-state index is 0.189. The maximum atomic E-state index is 11.7. The Morgan fingerprint density at radius 3 is 2.62 bits per heavy atom. The van der Waals surface area contributed by atoms with Crippen molar-refractivity contribution in [2.45, 2.75) is 23.8 Å². The van der Waals surface area contributed by atoms with Gasteiger partial charge in [0.15, 0.2) is 0 Å². The van der Waals surface area contributed by atoms with Crippen LogP contribution in [0.1, 0.15) is 12.8 Å². The van der Waals surface area contributed by atoms with Crippen molar-refractivity contribution < 1.29 is 4.79 Å². The molecular formula is C16H25N3OS. The Morgan fingerprint density at radius 1 is 1.33 bits per heavy atom. The summed E-state index contributed by atoms with van der Waals surface area (Å²) in [6, 6.07) is 8.95. The van der Waals surface area contributed by atoms with E-state index in [9.17, 15) is 4.79 Å². The lowest BCUT2D eigenvalue weighted by molar-refractivity contribution is -0.130. The maximum Gasteiger partial charge on any atom is 0.236 e. The van der Waals surface area contributed by atoms with Crippen molar-refractivity contribution in [2.75, 3.05) is 45.3 Å². The van der Waals surface area contributed by atoms with Crippen LogP contribution >= 0.6 is 11.8 Å². The Morgan fingerprint density at radius 2 is 2.00 bits per heavy atom. The number of likely N-dealkylation sites (tertiary alicyclic amines) is 1. The van der Waals surface area contributed by atoms with Crippen LogP contribution in [0.15, 0.2) is 29.2 Å². The Balaban J connectivity index is 1.83. The van der Waals surface area contributed by atoms with E-state index in [1.807, 2.05) is 14.1 Å². The number of nitrogens with zero attached hydrogens (tertiary/aromatic N) is 2. The third-order valence-electron chi connectivity index (χ3n) is 3.91. The van der Waals surface area contributed by atoms with Gasteiger partial charge in [0, 0.05) is 43.8 Å². The summed E-state index contributed by atoms with van der Waals surface area (Å²) in [6.07, 6.45) is 4.28. The van der Waals surface area contributed by atoms with E-state index in [0.29, 0.717) is 12.6 Å². The average molecular weight is 307 g/mol. The molecule has 0 aliphatic carbocycles. The number of amides is 1. The van der Waals surface area contributed by atoms with E-state index >= 15 is 0 Å². The Hall–Kier alpha value is -1.20. The Bertz CT molecular complexity index is 470. The molecule has 1 fully saturated rings. The molecular weight excluding hydrogens is 282 g/mol. The summed E-state index contributed by atoms with van der Waals surface area (Å²) >= 11 is 1.77. The van der Waals surface area contributed by atoms with E-state index in [-0.39, 0.29) is 5.91 Å². The molecule has 0 bridgehead atoms. The van der Waals surface area contributed by atoms with E-state index in [1.54, 1.807) is 16.7 Å². The summed E-state index contributed by atoms with van der Waals surface area (Å²) in [4.78, 5) is 16.9. The topological polar surface area (TPSA) is 35.6 Å². The van der Waals surface area contributed by atoms with Gasteiger partial charge in [-0.25, -0.2) is 0 Å². The molecule has 1 heterocycles. The van der Waals surface area contributed by atoms with Gasteiger partial charge in [0.05, 0.1) is 6.54 Å². The molecule has 1 N–H and O–H groups in total. The summed E-state index contributed by atoms with van der Waals surface area (Å²) < 4.78 is 0. The second-order valence-corrected chi connectivity index (χ2v) is 6.53. The van der Waals surface area contributed by atoms with Crippen LogP contribution in [0.2, 0.25) is 0 Å². The fourth-order valence-electron chi connectivity index (χ4n) is 2.55. The number of anilines is 1. The van der Waals surface area contributed by atoms with Gasteiger partial charge in [-0.05, 0) is 31.2 Å². The number of rotatable bonds is 5. The first-order valence-corrected chi connectivity index (χ1v) is 8.64. The molecule has 5 heteroatoms. The second kappa shape index (κ2) is 7.71. The first kappa shape index (κ1) is 16.2. The zero-order valence-corrected chi connectivity index (χ0v) is 13.9. The number of carbonyl (C=O) groups is 1. The fourth-order valence-corrected chi connectivity index (χ4v) is 3.11. The monoisotopic (exact) mass is 307 g/mol. The number of nitrogens with one attached hydrogen (secondary N) is 1. The lowest BCUT2D eigenvalue weighted by atomic mass is 10.0. The smallest absolute Gasteiger partial charge is 0.236 e. The molecule has 1 aromatic carbocycles. The number of thioether (sulfide) groups is 1. The van der Waals surface area contributed by atoms with Gasteiger partial charge in [-0.3, -0.25) is 9.69 Å². The Kier molecular flexibility index (Phi) is 5.94. The molecule has 0 radical (unpaired) electrons. The molecule has 0 aromatic heterocycles. The number of piperidine rings is 1. The normalized spacial score (nSPS) is 16.7. The third-order valence-corrected chi connectivity index (χ3v) is 4.71. The van der Waals surface area contributed by atoms with Gasteiger partial charge in [-0.1, -0.05) is 12.1 Å². The van der Waals surface area contributed by atoms with Crippen molar-refractivity contribution in [3.05, 3.63) is 24.3 Å². The predicted molar refractivity (Wildman–Crippen MR) is 90.0 cm³/mol. The van der Waals surface area contributed by atoms with Crippen molar-refractivity contribution in [3.63, 3.8) is 0 Å². The van der Waals surface area contributed by atoms with Crippen LogP contribution in [-0.2, 0) is 4.79 Å². The van der Waals surface area contributed by atoms with Crippen LogP contribution in [0.3, 0.4) is 0 Å². The quantitative estimate of drug-likeness (QED) is 0.847. The first-order valence-electron chi connectivity index (χ1n) is 7.42. The average Bonchev–Trinajstić information content (AvgIpc) is 2.49. The molecule has 1 aromatic rings. The van der Waals surface area contributed by atoms with E-state index in [1.165, 1.54) is 10.6 Å². The molecule has 1 aliphatic heterocycles. The number of carbonyl (C=O) groups excluding carboxylic acids is 1. The number of hydrogen-bond donors (Lipinski definition) is 1. The summed E-state index contributed by atoms with van der Waals surface area (Å²) in [6.45, 7) is 2.51. The lowest BCUT2D eigenvalue weighted by Crippen LogP contribution is -2.43. The highest BCUT2D eigenvalue weighted by molar-refractivity contribution is 7.98. The van der Waals surface area contributed by atoms with Crippen LogP contribution < -0.4 is 5.32 Å². The van der Waals surface area contributed by atoms with Crippen molar-refractivity contribution in [1.82, 2.24) is 9.80 Å². The summed E-state index contributed by atoms with van der Waals surface area (Å²) in [7, 11) is 3.63. The number of likely N-dealkylation sites (N-methyl/N-ethyl adjacent to an activating group) is 1. The molecule has 0 saturated carbocycles. The van der Waals surface area contributed by atoms with Gasteiger partial charge in [-0.2, -0.15) is 0 Å². The summed E-state index contributed by atoms with van der Waals surface area (Å²) in [5, 5.41) is 3.65. The minimum absolute atomic E-state index is 0.189. The fraction of sp³-hybridized carbons (Fsp3) is 0.562. The molecule has 0 atom stereocenters. The highest BCUT2D eigenvalue weighted by atomic mass is 32.2. The molecule has 1 aliphatic rings. The molecule has 0 unspecified atom stereocenters. The van der Waals surface area contributed by atoms with Crippen LogP contribution in [0.25, 0.3) is 0 Å². The number of hydrogen-bond acceptors (Lipinski definition) is 4. The molecule has 116 valence electrons. The maximum absolute atomic E-state index is 11.7. The predicted octanol–water partition coefficient (Wildman–Crippen LogP) is 2.37. The minimum Gasteiger partial charge on any atom is -0.381 e. The van der Waals surface area contributed by atoms with Crippen molar-refractivity contribution >= 4 is 23.4 Å². The molecule has 2 rings (SSSR count). The van der Waals surface area contributed by atoms with Gasteiger partial charge in [0.1, 0.15) is 0 Å². The zero-order chi connectivity index (χ0) is 15.2. The zero-order valence-electron chi connectivity index (χ0n) is 13.1. The van der Waals surface area contributed by atoms with Crippen LogP contribution in [0.5, 0.6) is 0 Å². The third kappa shape index (κ3) is 4.64. The van der Waals surface area contributed by atoms with Gasteiger partial charge in [-0.15, -0.1) is 11.8 Å².